The third-order valence-corrected chi connectivity index (χ3v) is 5.42. The van der Waals surface area contributed by atoms with Crippen molar-refractivity contribution in [3.8, 4) is 22.8 Å². The van der Waals surface area contributed by atoms with Gasteiger partial charge in [0.1, 0.15) is 11.5 Å². The van der Waals surface area contributed by atoms with Crippen LogP contribution < -0.4 is 10.5 Å². The highest BCUT2D eigenvalue weighted by atomic mass is 16.5. The Labute approximate surface area is 181 Å². The SMILES string of the molecule is C=CC(=O)N1CCCC1c1cc(C=N)c(N)c(-c2ccc(Oc3ccccc3)cc2)n1. The van der Waals surface area contributed by atoms with Gasteiger partial charge in [0, 0.05) is 23.9 Å². The summed E-state index contributed by atoms with van der Waals surface area (Å²) in [5.74, 6) is 1.35. The predicted molar refractivity (Wildman–Crippen MR) is 122 cm³/mol. The second-order valence-electron chi connectivity index (χ2n) is 7.38. The number of anilines is 1. The molecule has 1 amide bonds. The topological polar surface area (TPSA) is 92.3 Å². The third-order valence-electron chi connectivity index (χ3n) is 5.42. The number of hydrogen-bond donors (Lipinski definition) is 2. The number of rotatable bonds is 6. The molecule has 3 aromatic rings. The van der Waals surface area contributed by atoms with Gasteiger partial charge in [0.2, 0.25) is 5.91 Å². The van der Waals surface area contributed by atoms with Crippen LogP contribution in [0.3, 0.4) is 0 Å². The number of nitrogens with one attached hydrogen (secondary N) is 1. The van der Waals surface area contributed by atoms with E-state index in [2.05, 4.69) is 6.58 Å². The number of nitrogen functional groups attached to an aromatic ring is 1. The van der Waals surface area contributed by atoms with Crippen LogP contribution in [0.25, 0.3) is 11.3 Å². The summed E-state index contributed by atoms with van der Waals surface area (Å²) in [5, 5.41) is 7.79. The van der Waals surface area contributed by atoms with Crippen LogP contribution in [0, 0.1) is 5.41 Å². The van der Waals surface area contributed by atoms with E-state index in [1.807, 2.05) is 54.6 Å². The molecule has 0 saturated carbocycles. The Morgan fingerprint density at radius 1 is 1.16 bits per heavy atom. The van der Waals surface area contributed by atoms with E-state index in [9.17, 15) is 4.79 Å². The van der Waals surface area contributed by atoms with Crippen molar-refractivity contribution < 1.29 is 9.53 Å². The molecule has 0 aliphatic carbocycles. The van der Waals surface area contributed by atoms with Crippen LogP contribution in [0.1, 0.15) is 30.1 Å². The van der Waals surface area contributed by atoms with Gasteiger partial charge in [0.15, 0.2) is 0 Å². The number of hydrogen-bond acceptors (Lipinski definition) is 5. The normalized spacial score (nSPS) is 15.5. The Bertz CT molecular complexity index is 1110. The van der Waals surface area contributed by atoms with Crippen molar-refractivity contribution >= 4 is 17.8 Å². The van der Waals surface area contributed by atoms with Crippen LogP contribution >= 0.6 is 0 Å². The van der Waals surface area contributed by atoms with Gasteiger partial charge in [-0.1, -0.05) is 24.8 Å². The van der Waals surface area contributed by atoms with Crippen molar-refractivity contribution in [1.82, 2.24) is 9.88 Å². The van der Waals surface area contributed by atoms with E-state index >= 15 is 0 Å². The molecule has 2 aromatic carbocycles. The maximum atomic E-state index is 12.3. The lowest BCUT2D eigenvalue weighted by Crippen LogP contribution is -2.29. The molecule has 0 radical (unpaired) electrons. The van der Waals surface area contributed by atoms with E-state index in [1.165, 1.54) is 12.3 Å². The van der Waals surface area contributed by atoms with Gasteiger partial charge in [0.05, 0.1) is 23.1 Å². The summed E-state index contributed by atoms with van der Waals surface area (Å²) in [7, 11) is 0. The summed E-state index contributed by atoms with van der Waals surface area (Å²) in [6.07, 6.45) is 4.28. The number of para-hydroxylation sites is 1. The zero-order valence-electron chi connectivity index (χ0n) is 17.1. The van der Waals surface area contributed by atoms with E-state index in [0.29, 0.717) is 29.2 Å². The zero-order chi connectivity index (χ0) is 21.8. The fourth-order valence-corrected chi connectivity index (χ4v) is 3.87. The molecule has 6 nitrogen and oxygen atoms in total. The van der Waals surface area contributed by atoms with E-state index in [0.717, 1.165) is 29.8 Å². The second-order valence-corrected chi connectivity index (χ2v) is 7.38. The molecule has 1 unspecified atom stereocenters. The Hall–Kier alpha value is -3.93. The number of nitrogens with two attached hydrogens (primary N) is 1. The lowest BCUT2D eigenvalue weighted by molar-refractivity contribution is -0.126. The van der Waals surface area contributed by atoms with Crippen LogP contribution in [-0.4, -0.2) is 28.6 Å². The number of benzene rings is 2. The first-order chi connectivity index (χ1) is 15.1. The average molecular weight is 412 g/mol. The van der Waals surface area contributed by atoms with E-state index < -0.39 is 0 Å². The average Bonchev–Trinajstić information content (AvgIpc) is 3.30. The number of ether oxygens (including phenoxy) is 1. The molecular weight excluding hydrogens is 388 g/mol. The molecule has 4 rings (SSSR count). The van der Waals surface area contributed by atoms with Gasteiger partial charge in [-0.3, -0.25) is 4.79 Å². The highest BCUT2D eigenvalue weighted by molar-refractivity contribution is 5.91. The van der Waals surface area contributed by atoms with E-state index in [1.54, 1.807) is 11.0 Å². The van der Waals surface area contributed by atoms with Gasteiger partial charge in [-0.25, -0.2) is 4.98 Å². The molecule has 1 aromatic heterocycles. The maximum Gasteiger partial charge on any atom is 0.246 e. The molecule has 0 spiro atoms. The summed E-state index contributed by atoms with van der Waals surface area (Å²) in [5.41, 5.74) is 9.51. The first kappa shape index (κ1) is 20.3. The first-order valence-electron chi connectivity index (χ1n) is 10.2. The van der Waals surface area contributed by atoms with E-state index in [4.69, 9.17) is 20.9 Å². The summed E-state index contributed by atoms with van der Waals surface area (Å²) >= 11 is 0. The maximum absolute atomic E-state index is 12.3. The van der Waals surface area contributed by atoms with Gasteiger partial charge in [-0.2, -0.15) is 0 Å². The van der Waals surface area contributed by atoms with E-state index in [-0.39, 0.29) is 11.9 Å². The first-order valence-corrected chi connectivity index (χ1v) is 10.2. The quantitative estimate of drug-likeness (QED) is 0.442. The van der Waals surface area contributed by atoms with Crippen molar-refractivity contribution in [2.75, 3.05) is 12.3 Å². The molecule has 6 heteroatoms. The minimum absolute atomic E-state index is 0.110. The molecule has 1 atom stereocenters. The Balaban J connectivity index is 1.68. The lowest BCUT2D eigenvalue weighted by Gasteiger charge is -2.24. The molecule has 1 fully saturated rings. The summed E-state index contributed by atoms with van der Waals surface area (Å²) in [6.45, 7) is 4.27. The van der Waals surface area contributed by atoms with Crippen LogP contribution in [0.5, 0.6) is 11.5 Å². The molecule has 2 heterocycles. The van der Waals surface area contributed by atoms with Crippen molar-refractivity contribution in [1.29, 1.82) is 5.41 Å². The van der Waals surface area contributed by atoms with Crippen LogP contribution in [-0.2, 0) is 4.79 Å². The smallest absolute Gasteiger partial charge is 0.246 e. The number of nitrogens with zero attached hydrogens (tertiary/aromatic N) is 2. The van der Waals surface area contributed by atoms with Crippen LogP contribution in [0.15, 0.2) is 73.3 Å². The van der Waals surface area contributed by atoms with Crippen molar-refractivity contribution in [2.45, 2.75) is 18.9 Å². The largest absolute Gasteiger partial charge is 0.457 e. The molecule has 1 aliphatic rings. The fraction of sp³-hybridized carbons (Fsp3) is 0.160. The molecule has 31 heavy (non-hydrogen) atoms. The van der Waals surface area contributed by atoms with Crippen LogP contribution in [0.2, 0.25) is 0 Å². The van der Waals surface area contributed by atoms with Crippen molar-refractivity contribution in [3.05, 3.63) is 84.6 Å². The number of pyridine rings is 1. The zero-order valence-corrected chi connectivity index (χ0v) is 17.1. The van der Waals surface area contributed by atoms with Gasteiger partial charge >= 0.3 is 0 Å². The van der Waals surface area contributed by atoms with Gasteiger partial charge in [0.25, 0.3) is 0 Å². The summed E-state index contributed by atoms with van der Waals surface area (Å²) < 4.78 is 5.86. The standard InChI is InChI=1S/C25H24N4O2/c1-2-23(30)29-14-6-9-22(29)21-15-18(16-26)24(27)25(28-21)17-10-12-20(13-11-17)31-19-7-4-3-5-8-19/h2-5,7-8,10-13,15-16,22,26H,1,6,9,14,27H2. The molecular formula is C25H24N4O2. The molecule has 156 valence electrons. The minimum Gasteiger partial charge on any atom is -0.457 e. The predicted octanol–water partition coefficient (Wildman–Crippen LogP) is 4.97. The third kappa shape index (κ3) is 4.19. The Morgan fingerprint density at radius 2 is 1.87 bits per heavy atom. The number of amides is 1. The van der Waals surface area contributed by atoms with Crippen molar-refractivity contribution in [2.24, 2.45) is 0 Å². The monoisotopic (exact) mass is 412 g/mol. The molecule has 0 bridgehead atoms. The van der Waals surface area contributed by atoms with Gasteiger partial charge in [-0.05, 0) is 61.4 Å². The summed E-state index contributed by atoms with van der Waals surface area (Å²) in [4.78, 5) is 18.9. The molecule has 3 N–H and O–H groups in total. The summed E-state index contributed by atoms with van der Waals surface area (Å²) in [6, 6.07) is 18.7. The Morgan fingerprint density at radius 3 is 2.55 bits per heavy atom. The minimum atomic E-state index is -0.149. The van der Waals surface area contributed by atoms with Crippen molar-refractivity contribution in [3.63, 3.8) is 0 Å². The number of carbonyl (C=O) groups excluding carboxylic acids is 1. The number of aromatic nitrogens is 1. The second kappa shape index (κ2) is 8.83. The molecule has 1 saturated heterocycles. The fourth-order valence-electron chi connectivity index (χ4n) is 3.87. The Kier molecular flexibility index (Phi) is 5.80. The van der Waals surface area contributed by atoms with Gasteiger partial charge in [-0.15, -0.1) is 0 Å². The number of carbonyl (C=O) groups is 1. The van der Waals surface area contributed by atoms with Gasteiger partial charge < -0.3 is 20.8 Å². The lowest BCUT2D eigenvalue weighted by atomic mass is 10.0. The highest BCUT2D eigenvalue weighted by Crippen LogP contribution is 2.36. The number of likely N-dealkylation sites (tertiary alicyclic amines) is 1. The highest BCUT2D eigenvalue weighted by Gasteiger charge is 2.30. The van der Waals surface area contributed by atoms with Crippen LogP contribution in [0.4, 0.5) is 5.69 Å². The molecule has 1 aliphatic heterocycles.